The summed E-state index contributed by atoms with van der Waals surface area (Å²) in [4.78, 5) is 28.3. The number of piperidine rings is 2. The van der Waals surface area contributed by atoms with Crippen LogP contribution in [0.3, 0.4) is 0 Å². The van der Waals surface area contributed by atoms with Gasteiger partial charge in [-0.1, -0.05) is 94.2 Å². The second-order valence-corrected chi connectivity index (χ2v) is 29.9. The number of H-pyrrole nitrogens is 1. The van der Waals surface area contributed by atoms with Crippen molar-refractivity contribution in [3.8, 4) is 0 Å². The lowest BCUT2D eigenvalue weighted by Gasteiger charge is -2.52. The van der Waals surface area contributed by atoms with Crippen molar-refractivity contribution in [1.82, 2.24) is 20.4 Å². The van der Waals surface area contributed by atoms with Crippen molar-refractivity contribution in [1.29, 1.82) is 0 Å². The predicted molar refractivity (Wildman–Crippen MR) is 306 cm³/mol. The number of aliphatic hydroxyl groups excluding tert-OH is 1. The molecule has 4 saturated heterocycles. The summed E-state index contributed by atoms with van der Waals surface area (Å²) in [5.41, 5.74) is 10.7. The number of carbonyl (C=O) groups excluding carboxylic acids is 2. The number of Topliss-reactive ketones (excluding diaryl/α,β-unsaturated/α-hetero) is 1. The van der Waals surface area contributed by atoms with Crippen molar-refractivity contribution in [2.45, 2.75) is 226 Å². The molecule has 0 radical (unpaired) electrons. The first-order chi connectivity index (χ1) is 38.5. The van der Waals surface area contributed by atoms with Crippen molar-refractivity contribution in [2.75, 3.05) is 13.1 Å². The number of halogens is 3. The van der Waals surface area contributed by atoms with E-state index in [2.05, 4.69) is 72.7 Å². The van der Waals surface area contributed by atoms with Gasteiger partial charge in [0.15, 0.2) is 5.78 Å². The molecule has 442 valence electrons. The molecule has 1 aromatic heterocycles. The number of nitrogens with one attached hydrogen (secondary N) is 2. The van der Waals surface area contributed by atoms with Crippen LogP contribution in [0.1, 0.15) is 181 Å². The van der Waals surface area contributed by atoms with Crippen LogP contribution in [-0.4, -0.2) is 86.8 Å². The SMILES string of the molecule is CC1=C2C[C@H]3[C@@H](CC[C@@H]4CC(=O)/C(=C(\O)C(F)(F)F)C[C@@]43C)[C@@H]2CC[C@@]2(C1)O[C@@H]1C[C@H](C)CN(C(=O)OCc3ccccc3)[C@H]1[C@H]2C.CC1=C2C[C@H]3[C@@H](CC[C@@H]4Cc5n[nH]c(C)c5C[C@@]43C)[C@@H]2CC[C@@]2(C1)O[C@@H]1C[C@H](C)CN[C@H]1[C@H]2C. The summed E-state index contributed by atoms with van der Waals surface area (Å²) in [7, 11) is 0. The van der Waals surface area contributed by atoms with Crippen LogP contribution >= 0.6 is 0 Å². The van der Waals surface area contributed by atoms with Crippen molar-refractivity contribution >= 4 is 11.9 Å². The van der Waals surface area contributed by atoms with E-state index in [4.69, 9.17) is 19.3 Å². The van der Waals surface area contributed by atoms with Crippen LogP contribution in [0.5, 0.6) is 0 Å². The maximum atomic E-state index is 13.5. The second-order valence-electron chi connectivity index (χ2n) is 29.9. The van der Waals surface area contributed by atoms with Gasteiger partial charge >= 0.3 is 12.3 Å². The van der Waals surface area contributed by atoms with E-state index in [1.165, 1.54) is 80.3 Å². The molecule has 81 heavy (non-hydrogen) atoms. The van der Waals surface area contributed by atoms with Gasteiger partial charge in [-0.25, -0.2) is 4.79 Å². The van der Waals surface area contributed by atoms with Crippen molar-refractivity contribution in [3.05, 3.63) is 86.5 Å². The Morgan fingerprint density at radius 2 is 1.36 bits per heavy atom. The quantitative estimate of drug-likeness (QED) is 0.154. The molecule has 0 bridgehead atoms. The van der Waals surface area contributed by atoms with E-state index < -0.39 is 28.7 Å². The molecule has 1 aromatic carbocycles. The Labute approximate surface area is 480 Å². The van der Waals surface area contributed by atoms with Crippen molar-refractivity contribution in [2.24, 2.45) is 81.8 Å². The number of ketones is 1. The van der Waals surface area contributed by atoms with Crippen molar-refractivity contribution < 1.29 is 42.1 Å². The summed E-state index contributed by atoms with van der Waals surface area (Å²) in [6, 6.07) is 10.2. The van der Waals surface area contributed by atoms with Gasteiger partial charge in [0.25, 0.3) is 0 Å². The van der Waals surface area contributed by atoms with Gasteiger partial charge in [0.05, 0.1) is 35.1 Å². The molecule has 2 aromatic rings. The first-order valence-corrected chi connectivity index (χ1v) is 32.0. The number of carbonyl (C=O) groups is 2. The number of amides is 1. The molecule has 13 heteroatoms. The van der Waals surface area contributed by atoms with Gasteiger partial charge in [0, 0.05) is 42.1 Å². The maximum absolute atomic E-state index is 13.5. The zero-order chi connectivity index (χ0) is 56.9. The number of rotatable bonds is 2. The zero-order valence-corrected chi connectivity index (χ0v) is 50.0. The van der Waals surface area contributed by atoms with Gasteiger partial charge in [0.1, 0.15) is 6.61 Å². The molecular formula is C68H93F3N4O6. The van der Waals surface area contributed by atoms with Gasteiger partial charge in [-0.15, -0.1) is 0 Å². The topological polar surface area (TPSA) is 126 Å². The van der Waals surface area contributed by atoms with E-state index in [1.54, 1.807) is 11.1 Å². The highest BCUT2D eigenvalue weighted by Gasteiger charge is 2.63. The summed E-state index contributed by atoms with van der Waals surface area (Å²) in [6.45, 7) is 23.0. The van der Waals surface area contributed by atoms with Crippen LogP contribution in [0.2, 0.25) is 0 Å². The summed E-state index contributed by atoms with van der Waals surface area (Å²) < 4.78 is 60.6. The van der Waals surface area contributed by atoms with E-state index in [1.807, 2.05) is 40.8 Å². The Kier molecular flexibility index (Phi) is 14.1. The molecule has 5 saturated carbocycles. The number of fused-ring (bicyclic) bond motifs is 13. The van der Waals surface area contributed by atoms with Gasteiger partial charge in [-0.05, 0) is 218 Å². The number of aromatic nitrogens is 2. The Morgan fingerprint density at radius 3 is 2.00 bits per heavy atom. The number of nitrogens with zero attached hydrogens (tertiary/aromatic N) is 2. The lowest BCUT2D eigenvalue weighted by molar-refractivity contribution is -0.134. The molecule has 8 aliphatic carbocycles. The minimum absolute atomic E-state index is 0.0100. The third-order valence-corrected chi connectivity index (χ3v) is 25.7. The third-order valence-electron chi connectivity index (χ3n) is 25.7. The predicted octanol–water partition coefficient (Wildman–Crippen LogP) is 14.5. The number of benzene rings is 1. The number of hydrogen-bond donors (Lipinski definition) is 3. The molecule has 3 N–H and O–H groups in total. The number of hydrogen-bond acceptors (Lipinski definition) is 8. The minimum Gasteiger partial charge on any atom is -0.504 e. The molecule has 9 fully saturated rings. The molecule has 14 rings (SSSR count). The Morgan fingerprint density at radius 1 is 0.765 bits per heavy atom. The van der Waals surface area contributed by atoms with Crippen LogP contribution < -0.4 is 5.32 Å². The Balaban J connectivity index is 0.000000160. The third kappa shape index (κ3) is 9.19. The zero-order valence-electron chi connectivity index (χ0n) is 50.0. The fraction of sp³-hybridized carbons (Fsp3) is 0.750. The molecule has 0 unspecified atom stereocenters. The number of alkyl halides is 3. The fourth-order valence-corrected chi connectivity index (χ4v) is 21.4. The molecule has 20 atom stereocenters. The largest absolute Gasteiger partial charge is 0.504 e. The normalized spacial score (nSPS) is 44.8. The summed E-state index contributed by atoms with van der Waals surface area (Å²) >= 11 is 0. The summed E-state index contributed by atoms with van der Waals surface area (Å²) in [5, 5.41) is 22.0. The summed E-state index contributed by atoms with van der Waals surface area (Å²) in [5.74, 6) is 3.74. The number of aromatic amines is 1. The monoisotopic (exact) mass is 1120 g/mol. The lowest BCUT2D eigenvalue weighted by Crippen LogP contribution is -2.54. The van der Waals surface area contributed by atoms with E-state index >= 15 is 0 Å². The first-order valence-electron chi connectivity index (χ1n) is 32.0. The molecule has 10 nitrogen and oxygen atoms in total. The number of aliphatic hydroxyl groups is 1. The van der Waals surface area contributed by atoms with Crippen LogP contribution in [0.15, 0.2) is 64.0 Å². The average Bonchev–Trinajstić information content (AvgIpc) is 2.77. The van der Waals surface area contributed by atoms with E-state index in [0.29, 0.717) is 47.8 Å². The molecule has 4 aliphatic heterocycles. The highest BCUT2D eigenvalue weighted by atomic mass is 19.4. The minimum atomic E-state index is -4.92. The fourth-order valence-electron chi connectivity index (χ4n) is 21.4. The van der Waals surface area contributed by atoms with Gasteiger partial charge < -0.3 is 29.5 Å². The highest BCUT2D eigenvalue weighted by molar-refractivity contribution is 5.97. The van der Waals surface area contributed by atoms with Gasteiger partial charge in [-0.2, -0.15) is 18.3 Å². The van der Waals surface area contributed by atoms with Crippen molar-refractivity contribution in [3.63, 3.8) is 0 Å². The Hall–Kier alpha value is -3.94. The number of ether oxygens (including phenoxy) is 3. The number of allylic oxidation sites excluding steroid dienone is 4. The second kappa shape index (κ2) is 20.4. The van der Waals surface area contributed by atoms with Crippen LogP contribution in [-0.2, 0) is 38.5 Å². The standard InChI is InChI=1S/C38H48F3NO5.C30H45N3O/c1-21-14-32-33(42(19-21)35(45)46-20-24-8-6-5-7-9-24)23(3)37(47-32)13-12-26-27-11-10-25-15-31(43)29(34(44)38(39,40)41)18-36(25,4)30(27)16-28(26)22(2)17-37;1-16-10-27-28(31-15-16)18(3)30(34-27)9-8-21-22-7-6-20-11-26-24(19(4)32-33-26)14-29(20,5)25(22)12-23(21)17(2)13-30/h5-9,21,23,25-27,30,32-33,44H,10-20H2,1-4H3;16,18,20-22,25,27-28,31H,6-15H2,1-5H3,(H,32,33)/b34-29-;/t21-,23+,25+,26-,27-,30-,32+,33-,36-,37-;16-,18+,20+,21-,22-,25-,27+,28-,29-,30-/m00/s1. The maximum Gasteiger partial charge on any atom is 0.449 e. The van der Waals surface area contributed by atoms with Crippen LogP contribution in [0.4, 0.5) is 18.0 Å². The molecule has 2 spiro atoms. The van der Waals surface area contributed by atoms with Gasteiger partial charge in [0.2, 0.25) is 5.76 Å². The van der Waals surface area contributed by atoms with Crippen LogP contribution in [0, 0.1) is 88.8 Å². The van der Waals surface area contributed by atoms with E-state index in [-0.39, 0.29) is 66.6 Å². The van der Waals surface area contributed by atoms with E-state index in [0.717, 1.165) is 86.6 Å². The average molecular weight is 1120 g/mol. The lowest BCUT2D eigenvalue weighted by atomic mass is 9.51. The number of aryl methyl sites for hydroxylation is 1. The smallest absolute Gasteiger partial charge is 0.449 e. The molecule has 1 amide bonds. The number of likely N-dealkylation sites (tertiary alicyclic amines) is 1. The Bertz CT molecular complexity index is 2900. The first kappa shape index (κ1) is 56.2. The van der Waals surface area contributed by atoms with Crippen LogP contribution in [0.25, 0.3) is 0 Å². The summed E-state index contributed by atoms with van der Waals surface area (Å²) in [6.07, 6.45) is 13.0. The molecule has 5 heterocycles. The molecule has 12 aliphatic rings. The molecular weight excluding hydrogens is 1030 g/mol. The van der Waals surface area contributed by atoms with E-state index in [9.17, 15) is 27.9 Å². The highest BCUT2D eigenvalue weighted by Crippen LogP contribution is 2.67. The van der Waals surface area contributed by atoms with Gasteiger partial charge in [-0.3, -0.25) is 9.89 Å².